The Morgan fingerprint density at radius 1 is 0.970 bits per heavy atom. The number of fused-ring (bicyclic) bond motifs is 1. The van der Waals surface area contributed by atoms with Crippen LogP contribution in [0.15, 0.2) is 54.7 Å². The molecule has 170 valence electrons. The van der Waals surface area contributed by atoms with Gasteiger partial charge < -0.3 is 20.2 Å². The molecule has 0 saturated carbocycles. The number of benzene rings is 2. The molecule has 1 spiro atoms. The Balaban J connectivity index is 1.29. The summed E-state index contributed by atoms with van der Waals surface area (Å²) in [5.41, 5.74) is 4.06. The molecule has 1 amide bonds. The van der Waals surface area contributed by atoms with E-state index in [1.54, 1.807) is 6.92 Å². The van der Waals surface area contributed by atoms with E-state index in [2.05, 4.69) is 22.0 Å². The number of carbonyl (C=O) groups excluding carboxylic acids is 1. The molecule has 1 aromatic heterocycles. The molecule has 2 aromatic carbocycles. The first kappa shape index (κ1) is 21.4. The Kier molecular flexibility index (Phi) is 5.52. The van der Waals surface area contributed by atoms with Crippen LogP contribution >= 0.6 is 0 Å². The van der Waals surface area contributed by atoms with Crippen molar-refractivity contribution >= 4 is 28.4 Å². The Morgan fingerprint density at radius 3 is 2.42 bits per heavy atom. The Labute approximate surface area is 194 Å². The van der Waals surface area contributed by atoms with Crippen LogP contribution in [0, 0.1) is 16.2 Å². The third kappa shape index (κ3) is 3.84. The van der Waals surface area contributed by atoms with Crippen LogP contribution in [0.4, 0.5) is 0 Å². The van der Waals surface area contributed by atoms with Gasteiger partial charge in [-0.25, -0.2) is 0 Å². The van der Waals surface area contributed by atoms with Crippen molar-refractivity contribution in [1.82, 2.24) is 14.8 Å². The minimum atomic E-state index is -0.307. The predicted octanol–water partition coefficient (Wildman–Crippen LogP) is 4.79. The molecule has 6 heteroatoms. The second kappa shape index (κ2) is 8.50. The van der Waals surface area contributed by atoms with Crippen molar-refractivity contribution in [3.63, 3.8) is 0 Å². The SMILES string of the molecule is CC(=N)c1ccccc1C(=N)N1CCC2(CCCN(Cc3c[nH]c4ccccc34)C2=O)CC1. The van der Waals surface area contributed by atoms with Crippen LogP contribution < -0.4 is 0 Å². The number of hydrogen-bond donors (Lipinski definition) is 3. The first-order valence-electron chi connectivity index (χ1n) is 11.8. The van der Waals surface area contributed by atoms with Gasteiger partial charge in [0.05, 0.1) is 5.41 Å². The number of H-pyrrole nitrogens is 1. The van der Waals surface area contributed by atoms with Crippen LogP contribution in [-0.4, -0.2) is 51.9 Å². The van der Waals surface area contributed by atoms with E-state index in [1.165, 1.54) is 10.9 Å². The minimum absolute atomic E-state index is 0.279. The number of piperidine rings is 2. The Morgan fingerprint density at radius 2 is 1.67 bits per heavy atom. The summed E-state index contributed by atoms with van der Waals surface area (Å²) in [6, 6.07) is 15.9. The lowest BCUT2D eigenvalue weighted by atomic mass is 9.71. The lowest BCUT2D eigenvalue weighted by molar-refractivity contribution is -0.150. The predicted molar refractivity (Wildman–Crippen MR) is 132 cm³/mol. The monoisotopic (exact) mass is 441 g/mol. The number of amides is 1. The van der Waals surface area contributed by atoms with Crippen LogP contribution in [0.2, 0.25) is 0 Å². The molecule has 0 unspecified atom stereocenters. The number of nitrogens with one attached hydrogen (secondary N) is 3. The standard InChI is InChI=1S/C27H31N5O/c1-19(28)21-7-2-3-9-23(21)25(29)31-15-12-27(13-16-31)11-6-14-32(26(27)33)18-20-17-30-24-10-5-4-8-22(20)24/h2-5,7-10,17,28-30H,6,11-16,18H2,1H3. The van der Waals surface area contributed by atoms with Crippen molar-refractivity contribution in [2.75, 3.05) is 19.6 Å². The molecule has 2 fully saturated rings. The summed E-state index contributed by atoms with van der Waals surface area (Å²) >= 11 is 0. The highest BCUT2D eigenvalue weighted by atomic mass is 16.2. The average molecular weight is 442 g/mol. The number of amidine groups is 1. The van der Waals surface area contributed by atoms with Gasteiger partial charge in [-0.3, -0.25) is 10.2 Å². The third-order valence-corrected chi connectivity index (χ3v) is 7.48. The zero-order valence-electron chi connectivity index (χ0n) is 19.2. The molecule has 2 aliphatic heterocycles. The Hall–Kier alpha value is -3.41. The van der Waals surface area contributed by atoms with Gasteiger partial charge in [0.15, 0.2) is 0 Å². The highest BCUT2D eigenvalue weighted by molar-refractivity contribution is 6.09. The number of rotatable bonds is 4. The van der Waals surface area contributed by atoms with E-state index in [-0.39, 0.29) is 11.3 Å². The van der Waals surface area contributed by atoms with Gasteiger partial charge in [0.2, 0.25) is 5.91 Å². The van der Waals surface area contributed by atoms with Gasteiger partial charge in [-0.2, -0.15) is 0 Å². The van der Waals surface area contributed by atoms with Crippen molar-refractivity contribution in [2.24, 2.45) is 5.41 Å². The van der Waals surface area contributed by atoms with E-state index in [0.717, 1.165) is 48.9 Å². The molecule has 33 heavy (non-hydrogen) atoms. The first-order valence-corrected chi connectivity index (χ1v) is 11.8. The van der Waals surface area contributed by atoms with E-state index in [0.29, 0.717) is 31.2 Å². The van der Waals surface area contributed by atoms with Crippen molar-refractivity contribution in [2.45, 2.75) is 39.2 Å². The molecule has 6 nitrogen and oxygen atoms in total. The van der Waals surface area contributed by atoms with E-state index in [9.17, 15) is 4.79 Å². The van der Waals surface area contributed by atoms with E-state index < -0.39 is 0 Å². The van der Waals surface area contributed by atoms with Crippen LogP contribution in [0.5, 0.6) is 0 Å². The number of nitrogens with zero attached hydrogens (tertiary/aromatic N) is 2. The maximum absolute atomic E-state index is 13.7. The molecule has 3 heterocycles. The van der Waals surface area contributed by atoms with Crippen molar-refractivity contribution in [3.05, 3.63) is 71.4 Å². The van der Waals surface area contributed by atoms with Gasteiger partial charge >= 0.3 is 0 Å². The molecule has 0 atom stereocenters. The quantitative estimate of drug-likeness (QED) is 0.402. The van der Waals surface area contributed by atoms with E-state index >= 15 is 0 Å². The van der Waals surface area contributed by atoms with Gasteiger partial charge in [0.25, 0.3) is 0 Å². The molecule has 0 radical (unpaired) electrons. The van der Waals surface area contributed by atoms with Crippen molar-refractivity contribution in [3.8, 4) is 0 Å². The highest BCUT2D eigenvalue weighted by Gasteiger charge is 2.46. The summed E-state index contributed by atoms with van der Waals surface area (Å²) in [5, 5.41) is 18.0. The fourth-order valence-electron chi connectivity index (χ4n) is 5.58. The molecule has 2 saturated heterocycles. The third-order valence-electron chi connectivity index (χ3n) is 7.48. The minimum Gasteiger partial charge on any atom is -0.361 e. The lowest BCUT2D eigenvalue weighted by Gasteiger charge is -2.47. The summed E-state index contributed by atoms with van der Waals surface area (Å²) in [6.07, 6.45) is 5.57. The highest BCUT2D eigenvalue weighted by Crippen LogP contribution is 2.42. The molecular formula is C27H31N5O. The molecule has 0 bridgehead atoms. The normalized spacial score (nSPS) is 18.2. The smallest absolute Gasteiger partial charge is 0.229 e. The summed E-state index contributed by atoms with van der Waals surface area (Å²) in [6.45, 7) is 4.63. The van der Waals surface area contributed by atoms with Gasteiger partial charge in [0.1, 0.15) is 5.84 Å². The zero-order valence-corrected chi connectivity index (χ0v) is 19.2. The average Bonchev–Trinajstić information content (AvgIpc) is 3.25. The van der Waals surface area contributed by atoms with Crippen LogP contribution in [-0.2, 0) is 11.3 Å². The number of likely N-dealkylation sites (tertiary alicyclic amines) is 2. The zero-order chi connectivity index (χ0) is 23.0. The number of para-hydroxylation sites is 1. The van der Waals surface area contributed by atoms with Gasteiger partial charge in [-0.15, -0.1) is 0 Å². The Bertz CT molecular complexity index is 1220. The summed E-state index contributed by atoms with van der Waals surface area (Å²) < 4.78 is 0. The number of carbonyl (C=O) groups is 1. The number of aromatic amines is 1. The molecular weight excluding hydrogens is 410 g/mol. The van der Waals surface area contributed by atoms with E-state index in [4.69, 9.17) is 10.8 Å². The topological polar surface area (TPSA) is 87.0 Å². The summed E-state index contributed by atoms with van der Waals surface area (Å²) in [5.74, 6) is 0.743. The van der Waals surface area contributed by atoms with Crippen molar-refractivity contribution in [1.29, 1.82) is 10.8 Å². The summed E-state index contributed by atoms with van der Waals surface area (Å²) in [7, 11) is 0. The van der Waals surface area contributed by atoms with E-state index in [1.807, 2.05) is 47.5 Å². The van der Waals surface area contributed by atoms with Gasteiger partial charge in [-0.05, 0) is 44.2 Å². The fourth-order valence-corrected chi connectivity index (χ4v) is 5.58. The summed E-state index contributed by atoms with van der Waals surface area (Å²) in [4.78, 5) is 21.1. The maximum Gasteiger partial charge on any atom is 0.229 e. The lowest BCUT2D eigenvalue weighted by Crippen LogP contribution is -2.54. The maximum atomic E-state index is 13.7. The number of hydrogen-bond acceptors (Lipinski definition) is 3. The van der Waals surface area contributed by atoms with Crippen LogP contribution in [0.3, 0.4) is 0 Å². The van der Waals surface area contributed by atoms with Gasteiger partial charge in [0, 0.05) is 60.1 Å². The molecule has 3 aromatic rings. The second-order valence-electron chi connectivity index (χ2n) is 9.48. The largest absolute Gasteiger partial charge is 0.361 e. The molecule has 2 aliphatic rings. The van der Waals surface area contributed by atoms with Gasteiger partial charge in [-0.1, -0.05) is 42.5 Å². The number of aromatic nitrogens is 1. The van der Waals surface area contributed by atoms with Crippen LogP contribution in [0.1, 0.15) is 49.3 Å². The first-order chi connectivity index (χ1) is 16.0. The molecule has 5 rings (SSSR count). The molecule has 3 N–H and O–H groups in total. The second-order valence-corrected chi connectivity index (χ2v) is 9.48. The van der Waals surface area contributed by atoms with Crippen LogP contribution in [0.25, 0.3) is 10.9 Å². The molecule has 0 aliphatic carbocycles. The van der Waals surface area contributed by atoms with Crippen molar-refractivity contribution < 1.29 is 4.79 Å². The fraction of sp³-hybridized carbons (Fsp3) is 0.370.